The van der Waals surface area contributed by atoms with E-state index in [1.165, 1.54) is 302 Å². The van der Waals surface area contributed by atoms with Gasteiger partial charge in [0, 0.05) is 6.42 Å². The average Bonchev–Trinajstić information content (AvgIpc) is 3.50. The highest BCUT2D eigenvalue weighted by Gasteiger charge is 2.18. The van der Waals surface area contributed by atoms with E-state index in [9.17, 15) is 15.0 Å². The largest absolute Gasteiger partial charge is 0.394 e. The van der Waals surface area contributed by atoms with Gasteiger partial charge >= 0.3 is 0 Å². The van der Waals surface area contributed by atoms with Crippen LogP contribution in [0.15, 0.2) is 85.1 Å². The van der Waals surface area contributed by atoms with E-state index >= 15 is 0 Å². The van der Waals surface area contributed by atoms with Crippen molar-refractivity contribution in [2.75, 3.05) is 6.61 Å². The van der Waals surface area contributed by atoms with Crippen molar-refractivity contribution in [2.24, 2.45) is 0 Å². The van der Waals surface area contributed by atoms with E-state index in [-0.39, 0.29) is 12.5 Å². The van der Waals surface area contributed by atoms with Gasteiger partial charge in [0.25, 0.3) is 0 Å². The maximum Gasteiger partial charge on any atom is 0.220 e. The summed E-state index contributed by atoms with van der Waals surface area (Å²) in [7, 11) is 0. The van der Waals surface area contributed by atoms with E-state index in [4.69, 9.17) is 0 Å². The van der Waals surface area contributed by atoms with Crippen LogP contribution in [0.1, 0.15) is 386 Å². The summed E-state index contributed by atoms with van der Waals surface area (Å²) < 4.78 is 0. The topological polar surface area (TPSA) is 69.6 Å². The highest BCUT2D eigenvalue weighted by Crippen LogP contribution is 2.19. The first kappa shape index (κ1) is 79.6. The lowest BCUT2D eigenvalue weighted by Crippen LogP contribution is -2.45. The highest BCUT2D eigenvalue weighted by molar-refractivity contribution is 5.76. The molecule has 0 rings (SSSR count). The molecule has 2 unspecified atom stereocenters. The number of aliphatic hydroxyl groups is 2. The third kappa shape index (κ3) is 68.4. The van der Waals surface area contributed by atoms with Crippen molar-refractivity contribution in [3.8, 4) is 0 Å². The van der Waals surface area contributed by atoms with Gasteiger partial charge in [0.15, 0.2) is 0 Å². The number of nitrogens with one attached hydrogen (secondary N) is 1. The zero-order valence-corrected chi connectivity index (χ0v) is 55.3. The molecule has 0 spiro atoms. The SMILES string of the molecule is CC/C=C\C/C=C\C/C=C\C/C=C\C/C=C\C/C=C\CCCCCCCCCCCCCCCCCCCCCCC(=O)NC(CO)C(O)/C=C/CCCCCCCCCCCCCCCCCCCCCCCCCCCCCCC. The van der Waals surface area contributed by atoms with E-state index in [2.05, 4.69) is 92.1 Å². The van der Waals surface area contributed by atoms with Crippen LogP contribution in [0.25, 0.3) is 0 Å². The Bertz CT molecular complexity index is 1440. The fraction of sp³-hybridized carbons (Fsp3) is 0.808. The van der Waals surface area contributed by atoms with E-state index in [0.717, 1.165) is 64.2 Å². The zero-order chi connectivity index (χ0) is 59.1. The van der Waals surface area contributed by atoms with Crippen LogP contribution in [0.3, 0.4) is 0 Å². The predicted molar refractivity (Wildman–Crippen MR) is 368 cm³/mol. The number of amides is 1. The lowest BCUT2D eigenvalue weighted by molar-refractivity contribution is -0.123. The smallest absolute Gasteiger partial charge is 0.220 e. The third-order valence-corrected chi connectivity index (χ3v) is 16.9. The molecule has 0 heterocycles. The lowest BCUT2D eigenvalue weighted by atomic mass is 10.0. The Morgan fingerprint density at radius 1 is 0.305 bits per heavy atom. The molecule has 1 amide bonds. The Balaban J connectivity index is 3.44. The fourth-order valence-electron chi connectivity index (χ4n) is 11.4. The third-order valence-electron chi connectivity index (χ3n) is 16.9. The molecule has 0 aliphatic heterocycles. The molecule has 478 valence electrons. The van der Waals surface area contributed by atoms with Crippen LogP contribution in [0.5, 0.6) is 0 Å². The average molecular weight is 1140 g/mol. The van der Waals surface area contributed by atoms with E-state index < -0.39 is 12.1 Å². The van der Waals surface area contributed by atoms with Crippen molar-refractivity contribution < 1.29 is 15.0 Å². The second kappa shape index (κ2) is 72.8. The normalized spacial score (nSPS) is 13.2. The first-order valence-corrected chi connectivity index (χ1v) is 36.8. The second-order valence-electron chi connectivity index (χ2n) is 25.0. The summed E-state index contributed by atoms with van der Waals surface area (Å²) in [5.74, 6) is -0.0583. The van der Waals surface area contributed by atoms with Crippen LogP contribution in [-0.2, 0) is 4.79 Å². The van der Waals surface area contributed by atoms with Crippen molar-refractivity contribution in [3.05, 3.63) is 85.1 Å². The van der Waals surface area contributed by atoms with Gasteiger partial charge < -0.3 is 15.5 Å². The van der Waals surface area contributed by atoms with Gasteiger partial charge in [0.05, 0.1) is 18.8 Å². The summed E-state index contributed by atoms with van der Waals surface area (Å²) in [5, 5.41) is 23.3. The van der Waals surface area contributed by atoms with E-state index in [1.807, 2.05) is 6.08 Å². The minimum Gasteiger partial charge on any atom is -0.394 e. The molecule has 0 aliphatic rings. The molecule has 82 heavy (non-hydrogen) atoms. The van der Waals surface area contributed by atoms with Gasteiger partial charge in [-0.05, 0) is 70.6 Å². The van der Waals surface area contributed by atoms with Gasteiger partial charge in [-0.2, -0.15) is 0 Å². The summed E-state index contributed by atoms with van der Waals surface area (Å²) in [6, 6.07) is -0.626. The molecule has 0 aromatic carbocycles. The van der Waals surface area contributed by atoms with Crippen molar-refractivity contribution in [1.82, 2.24) is 5.32 Å². The number of carbonyl (C=O) groups is 1. The van der Waals surface area contributed by atoms with Gasteiger partial charge in [-0.25, -0.2) is 0 Å². The maximum absolute atomic E-state index is 12.6. The molecule has 4 nitrogen and oxygen atoms in total. The molecule has 0 saturated carbocycles. The second-order valence-corrected chi connectivity index (χ2v) is 25.0. The Morgan fingerprint density at radius 2 is 0.537 bits per heavy atom. The highest BCUT2D eigenvalue weighted by atomic mass is 16.3. The quantitative estimate of drug-likeness (QED) is 0.0420. The number of allylic oxidation sites excluding steroid dienone is 13. The van der Waals surface area contributed by atoms with Crippen molar-refractivity contribution in [1.29, 1.82) is 0 Å². The molecule has 4 heteroatoms. The number of aliphatic hydroxyl groups excluding tert-OH is 2. The number of unbranched alkanes of at least 4 members (excludes halogenated alkanes) is 49. The molecule has 2 atom stereocenters. The molecule has 0 aromatic heterocycles. The Kier molecular flexibility index (Phi) is 70.7. The van der Waals surface area contributed by atoms with Crippen LogP contribution in [0, 0.1) is 0 Å². The molecular weight excluding hydrogens is 999 g/mol. The first-order chi connectivity index (χ1) is 40.7. The van der Waals surface area contributed by atoms with Gasteiger partial charge in [0.2, 0.25) is 5.91 Å². The Morgan fingerprint density at radius 3 is 0.805 bits per heavy atom. The molecule has 0 bridgehead atoms. The summed E-state index contributed by atoms with van der Waals surface area (Å²) in [6.45, 7) is 4.23. The summed E-state index contributed by atoms with van der Waals surface area (Å²) in [6.07, 6.45) is 107. The van der Waals surface area contributed by atoms with Gasteiger partial charge in [0.1, 0.15) is 0 Å². The van der Waals surface area contributed by atoms with Gasteiger partial charge in [-0.15, -0.1) is 0 Å². The zero-order valence-electron chi connectivity index (χ0n) is 55.3. The summed E-state index contributed by atoms with van der Waals surface area (Å²) in [4.78, 5) is 12.6. The number of carbonyl (C=O) groups excluding carboxylic acids is 1. The fourth-order valence-corrected chi connectivity index (χ4v) is 11.4. The van der Waals surface area contributed by atoms with E-state index in [0.29, 0.717) is 6.42 Å². The monoisotopic (exact) mass is 1140 g/mol. The number of rotatable bonds is 68. The molecule has 0 saturated heterocycles. The molecule has 0 aromatic rings. The van der Waals surface area contributed by atoms with Crippen LogP contribution in [-0.4, -0.2) is 34.9 Å². The molecule has 0 aliphatic carbocycles. The maximum atomic E-state index is 12.6. The number of hydrogen-bond donors (Lipinski definition) is 3. The molecule has 0 radical (unpaired) electrons. The lowest BCUT2D eigenvalue weighted by Gasteiger charge is -2.20. The molecule has 0 fully saturated rings. The molecular formula is C78H143NO3. The minimum atomic E-state index is -0.843. The van der Waals surface area contributed by atoms with Crippen LogP contribution in [0.4, 0.5) is 0 Å². The Labute approximate surface area is 513 Å². The van der Waals surface area contributed by atoms with Crippen molar-refractivity contribution in [3.63, 3.8) is 0 Å². The van der Waals surface area contributed by atoms with Crippen LogP contribution in [0.2, 0.25) is 0 Å². The molecule has 3 N–H and O–H groups in total. The van der Waals surface area contributed by atoms with Crippen LogP contribution >= 0.6 is 0 Å². The minimum absolute atomic E-state index is 0.0583. The summed E-state index contributed by atoms with van der Waals surface area (Å²) >= 11 is 0. The van der Waals surface area contributed by atoms with Crippen molar-refractivity contribution in [2.45, 2.75) is 398 Å². The first-order valence-electron chi connectivity index (χ1n) is 36.8. The summed E-state index contributed by atoms with van der Waals surface area (Å²) in [5.41, 5.74) is 0. The predicted octanol–water partition coefficient (Wildman–Crippen LogP) is 25.4. The standard InChI is InChI=1S/C78H143NO3/c1-3-5-7-9-11-13-15-17-19-21-23-25-27-29-31-33-35-36-37-38-39-40-41-42-44-46-48-50-52-54-56-58-60-62-64-66-68-70-72-74-78(82)79-76(75-80)77(81)73-71-69-67-65-63-61-59-57-55-53-51-49-47-45-43-34-32-30-28-26-24-22-20-18-16-14-12-10-8-6-4-2/h5,7,11,13,17,19,23,25,29,31,35-36,71,73,76-77,80-81H,3-4,6,8-10,12,14-16,18,20-22,24,26-28,30,32-34,37-70,72,74-75H2,1-2H3,(H,79,82)/b7-5-,13-11-,19-17-,25-23-,31-29-,36-35-,73-71+. The number of hydrogen-bond acceptors (Lipinski definition) is 3. The van der Waals surface area contributed by atoms with Gasteiger partial charge in [-0.1, -0.05) is 394 Å². The van der Waals surface area contributed by atoms with E-state index in [1.54, 1.807) is 6.08 Å². The Hall–Kier alpha value is -2.43. The van der Waals surface area contributed by atoms with Crippen LogP contribution < -0.4 is 5.32 Å². The van der Waals surface area contributed by atoms with Gasteiger partial charge in [-0.3, -0.25) is 4.79 Å². The van der Waals surface area contributed by atoms with Crippen molar-refractivity contribution >= 4 is 5.91 Å².